The van der Waals surface area contributed by atoms with E-state index in [2.05, 4.69) is 18.1 Å². The lowest BCUT2D eigenvalue weighted by Gasteiger charge is -1.99. The Morgan fingerprint density at radius 3 is 2.86 bits per heavy atom. The zero-order valence-electron chi connectivity index (χ0n) is 13.7. The molecule has 1 heterocycles. The molecule has 0 radical (unpaired) electrons. The molecule has 1 heteroatoms. The molecule has 0 N–H and O–H groups in total. The third kappa shape index (κ3) is 3.02. The minimum atomic E-state index is -2.24. The minimum absolute atomic E-state index is 0.00207. The zero-order chi connectivity index (χ0) is 15.6. The van der Waals surface area contributed by atoms with Gasteiger partial charge >= 0.3 is 0 Å². The zero-order valence-corrected chi connectivity index (χ0v) is 7.75. The first kappa shape index (κ1) is 4.74. The summed E-state index contributed by atoms with van der Waals surface area (Å²) in [6.45, 7) is 2.77. The van der Waals surface area contributed by atoms with E-state index in [9.17, 15) is 0 Å². The number of aromatic nitrogens is 1. The molecule has 1 aromatic rings. The molecule has 0 atom stereocenters. The second kappa shape index (κ2) is 4.56. The molecule has 0 saturated heterocycles. The smallest absolute Gasteiger partial charge is 0.0696 e. The molecular formula is C13H15N. The maximum absolute atomic E-state index is 7.24. The van der Waals surface area contributed by atoms with Crippen molar-refractivity contribution in [1.82, 2.24) is 4.98 Å². The minimum Gasteiger partial charge on any atom is -0.256 e. The van der Waals surface area contributed by atoms with E-state index in [1.807, 2.05) is 0 Å². The molecule has 1 rings (SSSR count). The molecule has 0 aromatic carbocycles. The van der Waals surface area contributed by atoms with E-state index in [1.54, 1.807) is 0 Å². The number of rotatable bonds is 3. The van der Waals surface area contributed by atoms with Gasteiger partial charge in [-0.2, -0.15) is 0 Å². The highest BCUT2D eigenvalue weighted by atomic mass is 14.7. The highest BCUT2D eigenvalue weighted by molar-refractivity contribution is 5.69. The van der Waals surface area contributed by atoms with E-state index in [1.165, 1.54) is 30.5 Å². The summed E-state index contributed by atoms with van der Waals surface area (Å²) in [6.07, 6.45) is 4.11. The summed E-state index contributed by atoms with van der Waals surface area (Å²) < 4.78 is 43.2. The van der Waals surface area contributed by atoms with Crippen LogP contribution in [-0.2, 0) is 0 Å². The van der Waals surface area contributed by atoms with Crippen LogP contribution in [0.2, 0.25) is 0 Å². The normalized spacial score (nSPS) is 18.6. The van der Waals surface area contributed by atoms with E-state index in [0.717, 1.165) is 0 Å². The highest BCUT2D eigenvalue weighted by Gasteiger charge is 1.95. The van der Waals surface area contributed by atoms with Crippen molar-refractivity contribution in [3.63, 3.8) is 0 Å². The molecule has 14 heavy (non-hydrogen) atoms. The Labute approximate surface area is 93.9 Å². The monoisotopic (exact) mass is 191 g/mol. The molecule has 1 nitrogen and oxygen atoms in total. The topological polar surface area (TPSA) is 12.9 Å². The Balaban J connectivity index is 2.84. The van der Waals surface area contributed by atoms with Crippen molar-refractivity contribution in [2.75, 3.05) is 0 Å². The van der Waals surface area contributed by atoms with Crippen molar-refractivity contribution in [2.45, 2.75) is 13.7 Å². The average Bonchev–Trinajstić information content (AvgIpc) is 2.33. The maximum Gasteiger partial charge on any atom is 0.0696 e. The first-order chi connectivity index (χ1) is 9.01. The number of nitrogens with zero attached hydrogens (tertiary/aromatic N) is 1. The number of allylic oxidation sites excluding steroid dienone is 4. The second-order valence-corrected chi connectivity index (χ2v) is 2.82. The number of pyridine rings is 1. The maximum atomic E-state index is 7.24. The molecule has 1 aromatic heterocycles. The summed E-state index contributed by atoms with van der Waals surface area (Å²) in [4.78, 5) is 4.00. The van der Waals surface area contributed by atoms with E-state index in [-0.39, 0.29) is 11.1 Å². The predicted octanol–water partition coefficient (Wildman–Crippen LogP) is 3.54. The predicted molar refractivity (Wildman–Crippen MR) is 62.0 cm³/mol. The van der Waals surface area contributed by atoms with Gasteiger partial charge in [0.05, 0.1) is 5.69 Å². The van der Waals surface area contributed by atoms with Crippen LogP contribution >= 0.6 is 0 Å². The van der Waals surface area contributed by atoms with Crippen LogP contribution in [0.25, 0.3) is 5.57 Å². The van der Waals surface area contributed by atoms with Gasteiger partial charge in [-0.25, -0.2) is 0 Å². The third-order valence-electron chi connectivity index (χ3n) is 1.58. The fourth-order valence-electron chi connectivity index (χ4n) is 0.870. The van der Waals surface area contributed by atoms with Gasteiger partial charge in [0.1, 0.15) is 0 Å². The van der Waals surface area contributed by atoms with Crippen LogP contribution in [0.4, 0.5) is 0 Å². The summed E-state index contributed by atoms with van der Waals surface area (Å²) in [5.74, 6) is 0. The Morgan fingerprint density at radius 1 is 1.43 bits per heavy atom. The van der Waals surface area contributed by atoms with Crippen LogP contribution in [0.5, 0.6) is 0 Å². The molecule has 0 aliphatic rings. The SMILES string of the molecule is [2H]C([2H])([2H])C(=C)C=CC(=C)c1ccc(C([2H])([2H])[2H])cn1. The standard InChI is InChI=1S/C13H15N/c1-10(2)5-7-12(4)13-8-6-11(3)9-14-13/h5-9H,1,4H2,2-3H3/i2D3,3D3. The molecule has 0 fully saturated rings. The number of aryl methyl sites for hydroxylation is 1. The van der Waals surface area contributed by atoms with E-state index in [0.29, 0.717) is 11.3 Å². The van der Waals surface area contributed by atoms with Gasteiger partial charge in [-0.1, -0.05) is 36.9 Å². The van der Waals surface area contributed by atoms with Crippen LogP contribution in [0.15, 0.2) is 49.2 Å². The molecule has 0 saturated carbocycles. The fraction of sp³-hybridized carbons (Fsp3) is 0.154. The molecule has 72 valence electrons. The quantitative estimate of drug-likeness (QED) is 0.666. The Bertz CT molecular complexity index is 533. The van der Waals surface area contributed by atoms with Crippen LogP contribution < -0.4 is 0 Å². The molecule has 0 aliphatic heterocycles. The number of hydrogen-bond donors (Lipinski definition) is 0. The van der Waals surface area contributed by atoms with Crippen LogP contribution in [0, 0.1) is 6.85 Å². The molecule has 0 amide bonds. The average molecular weight is 191 g/mol. The first-order valence-corrected chi connectivity index (χ1v) is 4.05. The summed E-state index contributed by atoms with van der Waals surface area (Å²) in [7, 11) is 0. The first-order valence-electron chi connectivity index (χ1n) is 7.05. The lowest BCUT2D eigenvalue weighted by Crippen LogP contribution is -1.85. The van der Waals surface area contributed by atoms with Crippen molar-refractivity contribution in [1.29, 1.82) is 0 Å². The molecule has 0 spiro atoms. The van der Waals surface area contributed by atoms with Crippen molar-refractivity contribution < 1.29 is 8.22 Å². The second-order valence-electron chi connectivity index (χ2n) is 2.82. The summed E-state index contributed by atoms with van der Waals surface area (Å²) in [5.41, 5.74) is 1.10. The van der Waals surface area contributed by atoms with Gasteiger partial charge in [-0.3, -0.25) is 4.98 Å². The Morgan fingerprint density at radius 2 is 2.29 bits per heavy atom. The third-order valence-corrected chi connectivity index (χ3v) is 1.58. The van der Waals surface area contributed by atoms with Crippen LogP contribution in [0.1, 0.15) is 26.3 Å². The van der Waals surface area contributed by atoms with Gasteiger partial charge in [0.2, 0.25) is 0 Å². The molecule has 0 bridgehead atoms. The van der Waals surface area contributed by atoms with Gasteiger partial charge in [-0.05, 0) is 30.9 Å². The summed E-state index contributed by atoms with van der Waals surface area (Å²) in [6, 6.07) is 2.99. The van der Waals surface area contributed by atoms with Gasteiger partial charge in [0.15, 0.2) is 0 Å². The molecule has 0 aliphatic carbocycles. The summed E-state index contributed by atoms with van der Waals surface area (Å²) >= 11 is 0. The van der Waals surface area contributed by atoms with Gasteiger partial charge in [-0.15, -0.1) is 0 Å². The van der Waals surface area contributed by atoms with E-state index < -0.39 is 13.7 Å². The van der Waals surface area contributed by atoms with Crippen LogP contribution in [0.3, 0.4) is 0 Å². The van der Waals surface area contributed by atoms with Crippen molar-refractivity contribution >= 4 is 5.57 Å². The lowest BCUT2D eigenvalue weighted by molar-refractivity contribution is 1.23. The van der Waals surface area contributed by atoms with Crippen molar-refractivity contribution in [3.05, 3.63) is 60.5 Å². The van der Waals surface area contributed by atoms with Crippen molar-refractivity contribution in [2.24, 2.45) is 0 Å². The highest BCUT2D eigenvalue weighted by Crippen LogP contribution is 2.11. The van der Waals surface area contributed by atoms with E-state index >= 15 is 0 Å². The largest absolute Gasteiger partial charge is 0.256 e. The molecular weight excluding hydrogens is 170 g/mol. The van der Waals surface area contributed by atoms with E-state index in [4.69, 9.17) is 8.22 Å². The Kier molecular flexibility index (Phi) is 1.54. The van der Waals surface area contributed by atoms with Crippen molar-refractivity contribution in [3.8, 4) is 0 Å². The number of hydrogen-bond acceptors (Lipinski definition) is 1. The van der Waals surface area contributed by atoms with Crippen LogP contribution in [-0.4, -0.2) is 4.98 Å². The fourth-order valence-corrected chi connectivity index (χ4v) is 0.870. The molecule has 0 unspecified atom stereocenters. The summed E-state index contributed by atoms with van der Waals surface area (Å²) in [5, 5.41) is 0. The van der Waals surface area contributed by atoms with Gasteiger partial charge in [0.25, 0.3) is 0 Å². The lowest BCUT2D eigenvalue weighted by atomic mass is 10.1. The Hall–Kier alpha value is -1.63. The van der Waals surface area contributed by atoms with Gasteiger partial charge in [0, 0.05) is 14.4 Å². The van der Waals surface area contributed by atoms with Gasteiger partial charge < -0.3 is 0 Å².